The van der Waals surface area contributed by atoms with Gasteiger partial charge >= 0.3 is 0 Å². The van der Waals surface area contributed by atoms with E-state index in [2.05, 4.69) is 5.32 Å². The molecule has 0 saturated heterocycles. The van der Waals surface area contributed by atoms with Gasteiger partial charge in [-0.3, -0.25) is 4.79 Å². The summed E-state index contributed by atoms with van der Waals surface area (Å²) < 4.78 is 18.9. The Hall–Kier alpha value is -2.36. The standard InChI is InChI=1S/C18H20FNO2/c1-4-17(22-16-9-12(2)8-13(3)10-16)18(21)20-15-7-5-6-14(19)11-15/h5-11,17H,4H2,1-3H3,(H,20,21). The molecule has 0 spiro atoms. The van der Waals surface area contributed by atoms with E-state index in [-0.39, 0.29) is 11.7 Å². The van der Waals surface area contributed by atoms with Crippen molar-refractivity contribution in [1.29, 1.82) is 0 Å². The molecule has 1 unspecified atom stereocenters. The SMILES string of the molecule is CCC(Oc1cc(C)cc(C)c1)C(=O)Nc1cccc(F)c1. The molecule has 1 atom stereocenters. The van der Waals surface area contributed by atoms with E-state index in [1.54, 1.807) is 12.1 Å². The molecular formula is C18H20FNO2. The van der Waals surface area contributed by atoms with Crippen molar-refractivity contribution in [3.63, 3.8) is 0 Å². The predicted octanol–water partition coefficient (Wildman–Crippen LogP) is 4.24. The summed E-state index contributed by atoms with van der Waals surface area (Å²) in [4.78, 5) is 12.3. The van der Waals surface area contributed by atoms with E-state index in [0.717, 1.165) is 11.1 Å². The molecule has 0 fully saturated rings. The molecule has 0 heterocycles. The zero-order valence-corrected chi connectivity index (χ0v) is 13.0. The van der Waals surface area contributed by atoms with Gasteiger partial charge in [0.1, 0.15) is 11.6 Å². The Bertz CT molecular complexity index is 650. The number of nitrogens with one attached hydrogen (secondary N) is 1. The van der Waals surface area contributed by atoms with Gasteiger partial charge in [-0.15, -0.1) is 0 Å². The van der Waals surface area contributed by atoms with Crippen molar-refractivity contribution in [1.82, 2.24) is 0 Å². The number of rotatable bonds is 5. The molecular weight excluding hydrogens is 281 g/mol. The first-order chi connectivity index (χ1) is 10.5. The van der Waals surface area contributed by atoms with E-state index in [1.165, 1.54) is 12.1 Å². The lowest BCUT2D eigenvalue weighted by Crippen LogP contribution is -2.32. The quantitative estimate of drug-likeness (QED) is 0.897. The maximum atomic E-state index is 13.2. The van der Waals surface area contributed by atoms with E-state index in [1.807, 2.05) is 39.0 Å². The minimum atomic E-state index is -0.621. The van der Waals surface area contributed by atoms with Crippen LogP contribution < -0.4 is 10.1 Å². The average Bonchev–Trinajstić information content (AvgIpc) is 2.43. The van der Waals surface area contributed by atoms with Crippen LogP contribution in [0.3, 0.4) is 0 Å². The fraction of sp³-hybridized carbons (Fsp3) is 0.278. The van der Waals surface area contributed by atoms with Crippen LogP contribution in [0.25, 0.3) is 0 Å². The Morgan fingerprint density at radius 1 is 1.18 bits per heavy atom. The number of benzene rings is 2. The van der Waals surface area contributed by atoms with E-state index < -0.39 is 6.10 Å². The first kappa shape index (κ1) is 16.0. The van der Waals surface area contributed by atoms with E-state index in [9.17, 15) is 9.18 Å². The molecule has 2 aromatic rings. The molecule has 0 bridgehead atoms. The van der Waals surface area contributed by atoms with Crippen LogP contribution in [0.2, 0.25) is 0 Å². The first-order valence-electron chi connectivity index (χ1n) is 7.29. The van der Waals surface area contributed by atoms with Crippen molar-refractivity contribution < 1.29 is 13.9 Å². The van der Waals surface area contributed by atoms with Crippen molar-refractivity contribution in [3.8, 4) is 5.75 Å². The number of anilines is 1. The smallest absolute Gasteiger partial charge is 0.265 e. The molecule has 1 N–H and O–H groups in total. The third-order valence-electron chi connectivity index (χ3n) is 3.23. The van der Waals surface area contributed by atoms with Crippen LogP contribution >= 0.6 is 0 Å². The van der Waals surface area contributed by atoms with Crippen molar-refractivity contribution in [2.75, 3.05) is 5.32 Å². The van der Waals surface area contributed by atoms with E-state index in [4.69, 9.17) is 4.74 Å². The van der Waals surface area contributed by atoms with Gasteiger partial charge in [-0.1, -0.05) is 19.1 Å². The highest BCUT2D eigenvalue weighted by atomic mass is 19.1. The second-order valence-electron chi connectivity index (χ2n) is 5.34. The molecule has 0 aliphatic rings. The van der Waals surface area contributed by atoms with Crippen LogP contribution in [0.5, 0.6) is 5.75 Å². The molecule has 0 aliphatic heterocycles. The lowest BCUT2D eigenvalue weighted by molar-refractivity contribution is -0.122. The van der Waals surface area contributed by atoms with Gasteiger partial charge < -0.3 is 10.1 Å². The monoisotopic (exact) mass is 301 g/mol. The van der Waals surface area contributed by atoms with Crippen LogP contribution in [0.4, 0.5) is 10.1 Å². The summed E-state index contributed by atoms with van der Waals surface area (Å²) in [6.07, 6.45) is -0.0989. The number of carbonyl (C=O) groups excluding carboxylic acids is 1. The van der Waals surface area contributed by atoms with Gasteiger partial charge in [0.2, 0.25) is 0 Å². The Labute approximate surface area is 130 Å². The van der Waals surface area contributed by atoms with Crippen LogP contribution in [-0.4, -0.2) is 12.0 Å². The number of halogens is 1. The molecule has 3 nitrogen and oxygen atoms in total. The maximum absolute atomic E-state index is 13.2. The minimum Gasteiger partial charge on any atom is -0.481 e. The average molecular weight is 301 g/mol. The number of amides is 1. The number of aryl methyl sites for hydroxylation is 2. The summed E-state index contributed by atoms with van der Waals surface area (Å²) in [7, 11) is 0. The van der Waals surface area contributed by atoms with Gasteiger partial charge in [-0.2, -0.15) is 0 Å². The maximum Gasteiger partial charge on any atom is 0.265 e. The van der Waals surface area contributed by atoms with Crippen molar-refractivity contribution >= 4 is 11.6 Å². The third kappa shape index (κ3) is 4.32. The Morgan fingerprint density at radius 3 is 2.45 bits per heavy atom. The normalized spacial score (nSPS) is 11.8. The summed E-state index contributed by atoms with van der Waals surface area (Å²) >= 11 is 0. The molecule has 22 heavy (non-hydrogen) atoms. The highest BCUT2D eigenvalue weighted by Crippen LogP contribution is 2.19. The van der Waals surface area contributed by atoms with Crippen LogP contribution in [0.1, 0.15) is 24.5 Å². The topological polar surface area (TPSA) is 38.3 Å². The molecule has 0 radical (unpaired) electrons. The number of hydrogen-bond donors (Lipinski definition) is 1. The number of hydrogen-bond acceptors (Lipinski definition) is 2. The Kier molecular flexibility index (Phi) is 5.15. The van der Waals surface area contributed by atoms with Gasteiger partial charge in [0.25, 0.3) is 5.91 Å². The first-order valence-corrected chi connectivity index (χ1v) is 7.29. The highest BCUT2D eigenvalue weighted by molar-refractivity contribution is 5.94. The number of ether oxygens (including phenoxy) is 1. The number of carbonyl (C=O) groups is 1. The van der Waals surface area contributed by atoms with Gasteiger partial charge in [0.05, 0.1) is 0 Å². The molecule has 0 aliphatic carbocycles. The van der Waals surface area contributed by atoms with Crippen molar-refractivity contribution in [2.24, 2.45) is 0 Å². The fourth-order valence-corrected chi connectivity index (χ4v) is 2.28. The van der Waals surface area contributed by atoms with E-state index in [0.29, 0.717) is 17.9 Å². The van der Waals surface area contributed by atoms with Crippen molar-refractivity contribution in [2.45, 2.75) is 33.3 Å². The second kappa shape index (κ2) is 7.07. The van der Waals surface area contributed by atoms with Gasteiger partial charge in [0, 0.05) is 5.69 Å². The van der Waals surface area contributed by atoms with E-state index >= 15 is 0 Å². The van der Waals surface area contributed by atoms with Gasteiger partial charge in [0.15, 0.2) is 6.10 Å². The van der Waals surface area contributed by atoms with Crippen LogP contribution in [0.15, 0.2) is 42.5 Å². The summed E-state index contributed by atoms with van der Waals surface area (Å²) in [5.41, 5.74) is 2.58. The van der Waals surface area contributed by atoms with Crippen LogP contribution in [0, 0.1) is 19.7 Å². The minimum absolute atomic E-state index is 0.285. The summed E-state index contributed by atoms with van der Waals surface area (Å²) in [5, 5.41) is 2.68. The predicted molar refractivity (Wildman–Crippen MR) is 85.7 cm³/mol. The molecule has 2 aromatic carbocycles. The molecule has 0 aromatic heterocycles. The summed E-state index contributed by atoms with van der Waals surface area (Å²) in [6.45, 7) is 5.83. The van der Waals surface area contributed by atoms with Gasteiger partial charge in [-0.25, -0.2) is 4.39 Å². The molecule has 4 heteroatoms. The lowest BCUT2D eigenvalue weighted by Gasteiger charge is -2.18. The summed E-state index contributed by atoms with van der Waals surface area (Å²) in [5.74, 6) is -0.00734. The molecule has 0 saturated carbocycles. The highest BCUT2D eigenvalue weighted by Gasteiger charge is 2.19. The third-order valence-corrected chi connectivity index (χ3v) is 3.23. The zero-order valence-electron chi connectivity index (χ0n) is 13.0. The Balaban J connectivity index is 2.08. The fourth-order valence-electron chi connectivity index (χ4n) is 2.28. The Morgan fingerprint density at radius 2 is 1.86 bits per heavy atom. The second-order valence-corrected chi connectivity index (χ2v) is 5.34. The summed E-state index contributed by atoms with van der Waals surface area (Å²) in [6, 6.07) is 11.6. The lowest BCUT2D eigenvalue weighted by atomic mass is 10.1. The molecule has 116 valence electrons. The van der Waals surface area contributed by atoms with Crippen molar-refractivity contribution in [3.05, 3.63) is 59.4 Å². The molecule has 2 rings (SSSR count). The zero-order chi connectivity index (χ0) is 16.1. The van der Waals surface area contributed by atoms with Gasteiger partial charge in [-0.05, 0) is 61.7 Å². The van der Waals surface area contributed by atoms with Crippen LogP contribution in [-0.2, 0) is 4.79 Å². The molecule has 1 amide bonds. The largest absolute Gasteiger partial charge is 0.481 e.